The fourth-order valence-corrected chi connectivity index (χ4v) is 3.78. The van der Waals surface area contributed by atoms with E-state index in [4.69, 9.17) is 4.74 Å². The zero-order chi connectivity index (χ0) is 17.2. The number of fused-ring (bicyclic) bond motifs is 1. The first-order valence-corrected chi connectivity index (χ1v) is 8.77. The summed E-state index contributed by atoms with van der Waals surface area (Å²) in [7, 11) is 0. The van der Waals surface area contributed by atoms with Crippen LogP contribution in [-0.2, 0) is 22.5 Å². The third-order valence-corrected chi connectivity index (χ3v) is 4.91. The van der Waals surface area contributed by atoms with Gasteiger partial charge in [0.05, 0.1) is 25.8 Å². The lowest BCUT2D eigenvalue weighted by molar-refractivity contribution is -0.122. The summed E-state index contributed by atoms with van der Waals surface area (Å²) in [5, 5.41) is 4.13. The summed E-state index contributed by atoms with van der Waals surface area (Å²) in [6.07, 6.45) is 4.18. The quantitative estimate of drug-likeness (QED) is 0.829. The summed E-state index contributed by atoms with van der Waals surface area (Å²) in [6, 6.07) is 8.42. The van der Waals surface area contributed by atoms with Gasteiger partial charge in [0.2, 0.25) is 5.91 Å². The molecule has 1 fully saturated rings. The maximum absolute atomic E-state index is 12.9. The van der Waals surface area contributed by atoms with Crippen LogP contribution in [0.3, 0.4) is 0 Å². The average Bonchev–Trinajstić information content (AvgIpc) is 3.21. The summed E-state index contributed by atoms with van der Waals surface area (Å²) in [6.45, 7) is 5.35. The first-order chi connectivity index (χ1) is 12.2. The molecule has 0 spiro atoms. The number of hydrogen-bond donors (Lipinski definition) is 0. The van der Waals surface area contributed by atoms with Gasteiger partial charge in [-0.25, -0.2) is 4.98 Å². The van der Waals surface area contributed by atoms with Gasteiger partial charge in [0.15, 0.2) is 0 Å². The molecule has 132 valence electrons. The molecule has 0 aliphatic carbocycles. The number of carbonyl (C=O) groups excluding carboxylic acids is 1. The fraction of sp³-hybridized carbons (Fsp3) is 0.500. The maximum atomic E-state index is 12.9. The van der Waals surface area contributed by atoms with Gasteiger partial charge < -0.3 is 9.64 Å². The van der Waals surface area contributed by atoms with Crippen LogP contribution in [0.1, 0.15) is 12.5 Å². The normalized spacial score (nSPS) is 23.6. The van der Waals surface area contributed by atoms with Gasteiger partial charge in [-0.2, -0.15) is 5.10 Å². The molecule has 0 bridgehead atoms. The molecule has 4 rings (SSSR count). The number of ether oxygens (including phenoxy) is 1. The average molecular weight is 341 g/mol. The molecule has 1 amide bonds. The molecule has 25 heavy (non-hydrogen) atoms. The first-order valence-electron chi connectivity index (χ1n) is 8.77. The number of nitrogens with zero attached hydrogens (tertiary/aromatic N) is 5. The molecule has 0 unspecified atom stereocenters. The van der Waals surface area contributed by atoms with E-state index in [1.54, 1.807) is 11.0 Å². The minimum Gasteiger partial charge on any atom is -0.374 e. The number of para-hydroxylation sites is 1. The molecule has 7 heteroatoms. The number of carbonyl (C=O) groups is 1. The maximum Gasteiger partial charge on any atom is 0.241 e. The predicted molar refractivity (Wildman–Crippen MR) is 93.3 cm³/mol. The van der Waals surface area contributed by atoms with Gasteiger partial charge >= 0.3 is 0 Å². The van der Waals surface area contributed by atoms with Crippen molar-refractivity contribution in [1.82, 2.24) is 19.7 Å². The SMILES string of the molecule is C[C@@H]1Cc2ccccc2N1C(=O)CN1CCO[C@H](Cn2cncn2)C1. The Hall–Kier alpha value is -2.25. The summed E-state index contributed by atoms with van der Waals surface area (Å²) in [5.41, 5.74) is 2.32. The molecule has 0 saturated carbocycles. The van der Waals surface area contributed by atoms with Crippen molar-refractivity contribution in [3.05, 3.63) is 42.5 Å². The van der Waals surface area contributed by atoms with Crippen LogP contribution >= 0.6 is 0 Å². The Balaban J connectivity index is 1.39. The van der Waals surface area contributed by atoms with Crippen LogP contribution < -0.4 is 4.90 Å². The highest BCUT2D eigenvalue weighted by Crippen LogP contribution is 2.31. The van der Waals surface area contributed by atoms with E-state index in [-0.39, 0.29) is 18.1 Å². The lowest BCUT2D eigenvalue weighted by Crippen LogP contribution is -2.49. The Morgan fingerprint density at radius 2 is 2.24 bits per heavy atom. The van der Waals surface area contributed by atoms with Crippen LogP contribution in [0.5, 0.6) is 0 Å². The molecule has 2 aliphatic heterocycles. The van der Waals surface area contributed by atoms with Gasteiger partial charge in [-0.15, -0.1) is 0 Å². The van der Waals surface area contributed by atoms with Gasteiger partial charge in [0.25, 0.3) is 0 Å². The Morgan fingerprint density at radius 1 is 1.36 bits per heavy atom. The standard InChI is InChI=1S/C18H23N5O2/c1-14-8-15-4-2-3-5-17(15)23(14)18(24)11-21-6-7-25-16(9-21)10-22-13-19-12-20-22/h2-5,12-14,16H,6-11H2,1H3/t14-,16+/m1/s1. The number of benzene rings is 1. The molecule has 0 N–H and O–H groups in total. The van der Waals surface area contributed by atoms with E-state index < -0.39 is 0 Å². The van der Waals surface area contributed by atoms with Crippen molar-refractivity contribution in [2.24, 2.45) is 0 Å². The third-order valence-electron chi connectivity index (χ3n) is 4.91. The monoisotopic (exact) mass is 341 g/mol. The highest BCUT2D eigenvalue weighted by molar-refractivity contribution is 5.97. The molecule has 2 aromatic rings. The summed E-state index contributed by atoms with van der Waals surface area (Å²) in [4.78, 5) is 21.0. The van der Waals surface area contributed by atoms with E-state index in [9.17, 15) is 4.79 Å². The molecule has 1 aromatic carbocycles. The molecule has 1 saturated heterocycles. The van der Waals surface area contributed by atoms with E-state index in [0.29, 0.717) is 19.7 Å². The number of rotatable bonds is 4. The Labute approximate surface area is 147 Å². The third kappa shape index (κ3) is 3.43. The molecular weight excluding hydrogens is 318 g/mol. The lowest BCUT2D eigenvalue weighted by atomic mass is 10.1. The Bertz CT molecular complexity index is 733. The van der Waals surface area contributed by atoms with E-state index in [0.717, 1.165) is 25.2 Å². The summed E-state index contributed by atoms with van der Waals surface area (Å²) < 4.78 is 7.58. The predicted octanol–water partition coefficient (Wildman–Crippen LogP) is 0.957. The van der Waals surface area contributed by atoms with Crippen molar-refractivity contribution >= 4 is 11.6 Å². The molecule has 3 heterocycles. The van der Waals surface area contributed by atoms with Crippen LogP contribution in [0, 0.1) is 0 Å². The van der Waals surface area contributed by atoms with E-state index >= 15 is 0 Å². The van der Waals surface area contributed by atoms with Crippen LogP contribution in [0.4, 0.5) is 5.69 Å². The second-order valence-electron chi connectivity index (χ2n) is 6.79. The molecular formula is C18H23N5O2. The van der Waals surface area contributed by atoms with Gasteiger partial charge in [-0.3, -0.25) is 14.4 Å². The number of amides is 1. The van der Waals surface area contributed by atoms with Crippen LogP contribution in [0.15, 0.2) is 36.9 Å². The molecule has 0 radical (unpaired) electrons. The minimum atomic E-state index is 0.0338. The van der Waals surface area contributed by atoms with Crippen LogP contribution in [0.2, 0.25) is 0 Å². The van der Waals surface area contributed by atoms with Crippen LogP contribution in [-0.4, -0.2) is 64.0 Å². The van der Waals surface area contributed by atoms with E-state index in [1.807, 2.05) is 23.1 Å². The lowest BCUT2D eigenvalue weighted by Gasteiger charge is -2.34. The highest BCUT2D eigenvalue weighted by atomic mass is 16.5. The molecule has 2 atom stereocenters. The zero-order valence-electron chi connectivity index (χ0n) is 14.4. The van der Waals surface area contributed by atoms with Crippen molar-refractivity contribution < 1.29 is 9.53 Å². The number of anilines is 1. The first kappa shape index (κ1) is 16.2. The second kappa shape index (κ2) is 6.93. The fourth-order valence-electron chi connectivity index (χ4n) is 3.78. The molecule has 1 aromatic heterocycles. The van der Waals surface area contributed by atoms with Gasteiger partial charge in [-0.05, 0) is 25.0 Å². The van der Waals surface area contributed by atoms with Gasteiger partial charge in [0, 0.05) is 24.8 Å². The van der Waals surface area contributed by atoms with E-state index in [1.165, 1.54) is 11.9 Å². The van der Waals surface area contributed by atoms with Crippen molar-refractivity contribution in [3.63, 3.8) is 0 Å². The number of hydrogen-bond acceptors (Lipinski definition) is 5. The number of aromatic nitrogens is 3. The van der Waals surface area contributed by atoms with Crippen molar-refractivity contribution in [3.8, 4) is 0 Å². The number of morpholine rings is 1. The van der Waals surface area contributed by atoms with Crippen molar-refractivity contribution in [2.45, 2.75) is 32.0 Å². The zero-order valence-corrected chi connectivity index (χ0v) is 14.4. The minimum absolute atomic E-state index is 0.0338. The Kier molecular flexibility index (Phi) is 4.50. The topological polar surface area (TPSA) is 63.5 Å². The van der Waals surface area contributed by atoms with E-state index in [2.05, 4.69) is 28.0 Å². The van der Waals surface area contributed by atoms with Gasteiger partial charge in [-0.1, -0.05) is 18.2 Å². The largest absolute Gasteiger partial charge is 0.374 e. The second-order valence-corrected chi connectivity index (χ2v) is 6.79. The van der Waals surface area contributed by atoms with Crippen molar-refractivity contribution in [2.75, 3.05) is 31.1 Å². The van der Waals surface area contributed by atoms with Crippen molar-refractivity contribution in [1.29, 1.82) is 0 Å². The Morgan fingerprint density at radius 3 is 3.08 bits per heavy atom. The summed E-state index contributed by atoms with van der Waals surface area (Å²) in [5.74, 6) is 0.166. The molecule has 2 aliphatic rings. The highest BCUT2D eigenvalue weighted by Gasteiger charge is 2.32. The molecule has 7 nitrogen and oxygen atoms in total. The van der Waals surface area contributed by atoms with Crippen LogP contribution in [0.25, 0.3) is 0 Å². The summed E-state index contributed by atoms with van der Waals surface area (Å²) >= 11 is 0. The smallest absolute Gasteiger partial charge is 0.241 e. The van der Waals surface area contributed by atoms with Gasteiger partial charge in [0.1, 0.15) is 12.7 Å².